The zero-order valence-corrected chi connectivity index (χ0v) is 8.49. The van der Waals surface area contributed by atoms with Crippen LogP contribution < -0.4 is 5.32 Å². The lowest BCUT2D eigenvalue weighted by Gasteiger charge is -2.01. The minimum atomic E-state index is -0.543. The van der Waals surface area contributed by atoms with Gasteiger partial charge in [0.1, 0.15) is 11.4 Å². The van der Waals surface area contributed by atoms with Crippen LogP contribution in [-0.4, -0.2) is 11.8 Å². The van der Waals surface area contributed by atoms with Gasteiger partial charge in [0, 0.05) is 17.0 Å². The second-order valence-electron chi connectivity index (χ2n) is 3.67. The minimum absolute atomic E-state index is 0.120. The smallest absolute Gasteiger partial charge is 0.259 e. The van der Waals surface area contributed by atoms with Crippen LogP contribution in [0.3, 0.4) is 0 Å². The fourth-order valence-electron chi connectivity index (χ4n) is 1.86. The summed E-state index contributed by atoms with van der Waals surface area (Å²) in [5.41, 5.74) is 0.797. The van der Waals surface area contributed by atoms with Crippen molar-refractivity contribution in [1.29, 1.82) is 0 Å². The van der Waals surface area contributed by atoms with Crippen LogP contribution in [-0.2, 0) is 9.59 Å². The van der Waals surface area contributed by atoms with Gasteiger partial charge in [0.25, 0.3) is 11.8 Å². The van der Waals surface area contributed by atoms with Gasteiger partial charge in [0.05, 0.1) is 11.8 Å². The van der Waals surface area contributed by atoms with Crippen molar-refractivity contribution in [3.63, 3.8) is 0 Å². The number of carbonyl (C=O) groups excluding carboxylic acids is 2. The molecule has 1 N–H and O–H groups in total. The number of halogens is 1. The Balaban J connectivity index is 2.30. The van der Waals surface area contributed by atoms with Gasteiger partial charge in [-0.05, 0) is 18.2 Å². The molecule has 0 saturated heterocycles. The molecule has 1 aliphatic heterocycles. The second-order valence-corrected chi connectivity index (χ2v) is 3.67. The lowest BCUT2D eigenvalue weighted by atomic mass is 10.0. The number of carbonyl (C=O) groups is 2. The van der Waals surface area contributed by atoms with E-state index in [-0.39, 0.29) is 11.1 Å². The van der Waals surface area contributed by atoms with E-state index in [1.807, 2.05) is 0 Å². The molecule has 0 aliphatic carbocycles. The standard InChI is InChI=1S/C12H6FNO3/c13-7-3-6-1-2-17-11(6)8(4-7)9-5-10(15)14-12(9)16/h1-5H,(H,14,15,16). The summed E-state index contributed by atoms with van der Waals surface area (Å²) >= 11 is 0. The summed E-state index contributed by atoms with van der Waals surface area (Å²) in [6, 6.07) is 4.07. The third kappa shape index (κ3) is 1.44. The Morgan fingerprint density at radius 2 is 2.06 bits per heavy atom. The number of furan rings is 1. The molecule has 0 saturated carbocycles. The van der Waals surface area contributed by atoms with E-state index in [4.69, 9.17) is 4.42 Å². The average Bonchev–Trinajstić information content (AvgIpc) is 2.83. The molecule has 1 aliphatic rings. The van der Waals surface area contributed by atoms with Gasteiger partial charge in [-0.3, -0.25) is 14.9 Å². The monoisotopic (exact) mass is 231 g/mol. The van der Waals surface area contributed by atoms with Crippen LogP contribution in [0.5, 0.6) is 0 Å². The van der Waals surface area contributed by atoms with E-state index in [2.05, 4.69) is 5.32 Å². The van der Waals surface area contributed by atoms with Crippen LogP contribution in [0.15, 0.2) is 35.0 Å². The first kappa shape index (κ1) is 9.77. The van der Waals surface area contributed by atoms with Crippen molar-refractivity contribution in [3.05, 3.63) is 41.9 Å². The first-order valence-electron chi connectivity index (χ1n) is 4.89. The lowest BCUT2D eigenvalue weighted by Crippen LogP contribution is -2.21. The molecule has 0 fully saturated rings. The number of nitrogens with one attached hydrogen (secondary N) is 1. The van der Waals surface area contributed by atoms with Crippen LogP contribution in [0, 0.1) is 5.82 Å². The van der Waals surface area contributed by atoms with E-state index in [0.29, 0.717) is 11.0 Å². The van der Waals surface area contributed by atoms with Crippen LogP contribution in [0.25, 0.3) is 16.5 Å². The van der Waals surface area contributed by atoms with Crippen molar-refractivity contribution >= 4 is 28.4 Å². The van der Waals surface area contributed by atoms with Crippen LogP contribution in [0.4, 0.5) is 4.39 Å². The third-order valence-electron chi connectivity index (χ3n) is 2.56. The molecule has 0 atom stereocenters. The van der Waals surface area contributed by atoms with Gasteiger partial charge in [-0.25, -0.2) is 4.39 Å². The highest BCUT2D eigenvalue weighted by Gasteiger charge is 2.25. The lowest BCUT2D eigenvalue weighted by molar-refractivity contribution is -0.123. The highest BCUT2D eigenvalue weighted by molar-refractivity contribution is 6.34. The summed E-state index contributed by atoms with van der Waals surface area (Å²) < 4.78 is 18.6. The van der Waals surface area contributed by atoms with Crippen LogP contribution in [0.2, 0.25) is 0 Å². The van der Waals surface area contributed by atoms with Gasteiger partial charge in [0.15, 0.2) is 0 Å². The Morgan fingerprint density at radius 3 is 2.76 bits per heavy atom. The maximum Gasteiger partial charge on any atom is 0.259 e. The molecule has 3 rings (SSSR count). The summed E-state index contributed by atoms with van der Waals surface area (Å²) in [6.07, 6.45) is 2.54. The number of rotatable bonds is 1. The van der Waals surface area contributed by atoms with E-state index in [0.717, 1.165) is 6.08 Å². The Kier molecular flexibility index (Phi) is 1.89. The van der Waals surface area contributed by atoms with Gasteiger partial charge in [0.2, 0.25) is 0 Å². The Hall–Kier alpha value is -2.43. The zero-order valence-electron chi connectivity index (χ0n) is 8.49. The van der Waals surface area contributed by atoms with E-state index in [1.165, 1.54) is 18.4 Å². The zero-order chi connectivity index (χ0) is 12.0. The average molecular weight is 231 g/mol. The van der Waals surface area contributed by atoms with E-state index in [9.17, 15) is 14.0 Å². The summed E-state index contributed by atoms with van der Waals surface area (Å²) in [5, 5.41) is 2.66. The third-order valence-corrected chi connectivity index (χ3v) is 2.56. The van der Waals surface area contributed by atoms with Crippen LogP contribution in [0.1, 0.15) is 5.56 Å². The molecule has 0 unspecified atom stereocenters. The Bertz CT molecular complexity index is 684. The maximum absolute atomic E-state index is 13.4. The number of hydrogen-bond acceptors (Lipinski definition) is 3. The van der Waals surface area contributed by atoms with Crippen LogP contribution >= 0.6 is 0 Å². The van der Waals surface area contributed by atoms with Crippen molar-refractivity contribution in [2.45, 2.75) is 0 Å². The molecule has 1 aromatic carbocycles. The normalized spacial score (nSPS) is 15.2. The molecule has 0 radical (unpaired) electrons. The fourth-order valence-corrected chi connectivity index (χ4v) is 1.86. The van der Waals surface area contributed by atoms with E-state index >= 15 is 0 Å². The molecule has 2 amide bonds. The molecule has 17 heavy (non-hydrogen) atoms. The molecule has 4 nitrogen and oxygen atoms in total. The molecule has 2 aromatic rings. The van der Waals surface area contributed by atoms with Gasteiger partial charge in [-0.15, -0.1) is 0 Å². The first-order chi connectivity index (χ1) is 8.15. The fraction of sp³-hybridized carbons (Fsp3) is 0. The summed E-state index contributed by atoms with van der Waals surface area (Å²) in [6.45, 7) is 0. The van der Waals surface area contributed by atoms with Crippen molar-refractivity contribution < 1.29 is 18.4 Å². The van der Waals surface area contributed by atoms with Crippen molar-refractivity contribution in [2.24, 2.45) is 0 Å². The number of imide groups is 1. The minimum Gasteiger partial charge on any atom is -0.464 e. The predicted molar refractivity (Wildman–Crippen MR) is 57.3 cm³/mol. The number of fused-ring (bicyclic) bond motifs is 1. The van der Waals surface area contributed by atoms with E-state index < -0.39 is 17.6 Å². The van der Waals surface area contributed by atoms with Gasteiger partial charge < -0.3 is 4.42 Å². The Morgan fingerprint density at radius 1 is 1.24 bits per heavy atom. The molecule has 0 spiro atoms. The highest BCUT2D eigenvalue weighted by atomic mass is 19.1. The molecular formula is C12H6FNO3. The highest BCUT2D eigenvalue weighted by Crippen LogP contribution is 2.28. The maximum atomic E-state index is 13.4. The Labute approximate surface area is 94.7 Å². The molecular weight excluding hydrogens is 225 g/mol. The molecule has 1 aromatic heterocycles. The first-order valence-corrected chi connectivity index (χ1v) is 4.89. The van der Waals surface area contributed by atoms with Crippen molar-refractivity contribution in [1.82, 2.24) is 5.32 Å². The van der Waals surface area contributed by atoms with Crippen molar-refractivity contribution in [3.8, 4) is 0 Å². The summed E-state index contributed by atoms with van der Waals surface area (Å²) in [5.74, 6) is -1.53. The largest absolute Gasteiger partial charge is 0.464 e. The van der Waals surface area contributed by atoms with Gasteiger partial charge in [-0.2, -0.15) is 0 Å². The summed E-state index contributed by atoms with van der Waals surface area (Å²) in [4.78, 5) is 22.6. The van der Waals surface area contributed by atoms with E-state index in [1.54, 1.807) is 6.07 Å². The molecule has 0 bridgehead atoms. The number of amides is 2. The summed E-state index contributed by atoms with van der Waals surface area (Å²) in [7, 11) is 0. The topological polar surface area (TPSA) is 59.3 Å². The second kappa shape index (κ2) is 3.28. The van der Waals surface area contributed by atoms with Crippen molar-refractivity contribution in [2.75, 3.05) is 0 Å². The molecule has 5 heteroatoms. The quantitative estimate of drug-likeness (QED) is 0.758. The number of hydrogen-bond donors (Lipinski definition) is 1. The molecule has 2 heterocycles. The molecule has 84 valence electrons. The SMILES string of the molecule is O=C1C=C(c2cc(F)cc3ccoc23)C(=O)N1. The number of benzene rings is 1. The van der Waals surface area contributed by atoms with Gasteiger partial charge in [-0.1, -0.05) is 0 Å². The predicted octanol–water partition coefficient (Wildman–Crippen LogP) is 1.61. The van der Waals surface area contributed by atoms with Gasteiger partial charge >= 0.3 is 0 Å².